The number of ether oxygens (including phenoxy) is 1. The Labute approximate surface area is 248 Å². The Hall–Kier alpha value is -4.59. The van der Waals surface area contributed by atoms with E-state index in [0.29, 0.717) is 29.3 Å². The van der Waals surface area contributed by atoms with E-state index >= 15 is 0 Å². The highest BCUT2D eigenvalue weighted by Gasteiger charge is 2.21. The standard InChI is InChI=1S/C30H30FN7O4S/c1-41-27-19-22(37-15-13-36(14-16-37)17-18-42-43(39,40)23-7-3-2-4-8-23)10-11-25(27)34-30-33-20-24(31)29(35-30)26-21-32-28-9-5-6-12-38(26)28/h2-12,19-21H,13-18H2,1H3,(H,33,34,35). The third kappa shape index (κ3) is 6.28. The van der Waals surface area contributed by atoms with Gasteiger partial charge in [-0.15, -0.1) is 0 Å². The predicted octanol–water partition coefficient (Wildman–Crippen LogP) is 4.21. The summed E-state index contributed by atoms with van der Waals surface area (Å²) in [5, 5.41) is 3.15. The van der Waals surface area contributed by atoms with Gasteiger partial charge < -0.3 is 15.0 Å². The summed E-state index contributed by atoms with van der Waals surface area (Å²) >= 11 is 0. The lowest BCUT2D eigenvalue weighted by molar-refractivity contribution is 0.203. The first-order valence-electron chi connectivity index (χ1n) is 13.7. The molecule has 1 N–H and O–H groups in total. The number of imidazole rings is 1. The molecule has 5 aromatic rings. The van der Waals surface area contributed by atoms with Crippen LogP contribution in [0.5, 0.6) is 5.75 Å². The molecule has 2 aromatic carbocycles. The summed E-state index contributed by atoms with van der Waals surface area (Å²) in [5.41, 5.74) is 2.96. The number of rotatable bonds is 10. The van der Waals surface area contributed by atoms with Gasteiger partial charge in [-0.25, -0.2) is 19.3 Å². The number of methoxy groups -OCH3 is 1. The number of aromatic nitrogens is 4. The summed E-state index contributed by atoms with van der Waals surface area (Å²) in [6.07, 6.45) is 4.52. The van der Waals surface area contributed by atoms with E-state index in [0.717, 1.165) is 38.1 Å². The van der Waals surface area contributed by atoms with Gasteiger partial charge in [0, 0.05) is 50.7 Å². The zero-order valence-electron chi connectivity index (χ0n) is 23.4. The number of benzene rings is 2. The van der Waals surface area contributed by atoms with Gasteiger partial charge in [-0.1, -0.05) is 24.3 Å². The molecule has 1 aliphatic rings. The summed E-state index contributed by atoms with van der Waals surface area (Å²) in [5.74, 6) is 0.254. The number of nitrogens with one attached hydrogen (secondary N) is 1. The van der Waals surface area contributed by atoms with Crippen LogP contribution in [0.1, 0.15) is 0 Å². The van der Waals surface area contributed by atoms with Crippen LogP contribution >= 0.6 is 0 Å². The Morgan fingerprint density at radius 2 is 1.74 bits per heavy atom. The molecule has 43 heavy (non-hydrogen) atoms. The maximum atomic E-state index is 14.8. The van der Waals surface area contributed by atoms with E-state index < -0.39 is 15.9 Å². The highest BCUT2D eigenvalue weighted by atomic mass is 32.2. The van der Waals surface area contributed by atoms with Crippen LogP contribution in [0.3, 0.4) is 0 Å². The smallest absolute Gasteiger partial charge is 0.297 e. The van der Waals surface area contributed by atoms with E-state index in [1.807, 2.05) is 36.4 Å². The Morgan fingerprint density at radius 1 is 0.953 bits per heavy atom. The van der Waals surface area contributed by atoms with Gasteiger partial charge in [0.1, 0.15) is 17.1 Å². The fraction of sp³-hybridized carbons (Fsp3) is 0.233. The van der Waals surface area contributed by atoms with Gasteiger partial charge in [-0.05, 0) is 36.4 Å². The highest BCUT2D eigenvalue weighted by molar-refractivity contribution is 7.86. The van der Waals surface area contributed by atoms with Crippen molar-refractivity contribution in [3.8, 4) is 17.1 Å². The SMILES string of the molecule is COc1cc(N2CCN(CCOS(=O)(=O)c3ccccc3)CC2)ccc1Nc1ncc(F)c(-c2cnc3ccccn23)n1. The molecule has 0 bridgehead atoms. The van der Waals surface area contributed by atoms with E-state index in [4.69, 9.17) is 8.92 Å². The van der Waals surface area contributed by atoms with Crippen LogP contribution in [-0.2, 0) is 14.3 Å². The molecule has 0 saturated carbocycles. The number of pyridine rings is 1. The molecule has 11 nitrogen and oxygen atoms in total. The van der Waals surface area contributed by atoms with Crippen LogP contribution in [0.25, 0.3) is 17.0 Å². The van der Waals surface area contributed by atoms with Crippen molar-refractivity contribution in [1.29, 1.82) is 0 Å². The van der Waals surface area contributed by atoms with Crippen LogP contribution in [-0.4, -0.2) is 79.1 Å². The summed E-state index contributed by atoms with van der Waals surface area (Å²) in [6.45, 7) is 3.63. The first-order valence-corrected chi connectivity index (χ1v) is 15.1. The van der Waals surface area contributed by atoms with Crippen molar-refractivity contribution in [2.24, 2.45) is 0 Å². The van der Waals surface area contributed by atoms with Crippen molar-refractivity contribution < 1.29 is 21.7 Å². The number of piperazine rings is 1. The zero-order valence-corrected chi connectivity index (χ0v) is 24.2. The predicted molar refractivity (Wildman–Crippen MR) is 161 cm³/mol. The van der Waals surface area contributed by atoms with Gasteiger partial charge in [0.2, 0.25) is 5.95 Å². The van der Waals surface area contributed by atoms with Crippen molar-refractivity contribution in [3.63, 3.8) is 0 Å². The molecule has 0 radical (unpaired) electrons. The average Bonchev–Trinajstić information content (AvgIpc) is 3.47. The molecule has 1 fully saturated rings. The molecular weight excluding hydrogens is 573 g/mol. The molecule has 6 rings (SSSR count). The maximum Gasteiger partial charge on any atom is 0.297 e. The van der Waals surface area contributed by atoms with E-state index in [2.05, 4.69) is 30.1 Å². The summed E-state index contributed by atoms with van der Waals surface area (Å²) < 4.78 is 52.1. The lowest BCUT2D eigenvalue weighted by Gasteiger charge is -2.36. The molecule has 1 saturated heterocycles. The Balaban J connectivity index is 1.08. The quantitative estimate of drug-likeness (QED) is 0.233. The van der Waals surface area contributed by atoms with Crippen molar-refractivity contribution in [3.05, 3.63) is 91.1 Å². The fourth-order valence-corrected chi connectivity index (χ4v) is 5.90. The van der Waals surface area contributed by atoms with Crippen LogP contribution < -0.4 is 15.0 Å². The summed E-state index contributed by atoms with van der Waals surface area (Å²) in [6, 6.07) is 19.5. The largest absolute Gasteiger partial charge is 0.494 e. The number of halogens is 1. The summed E-state index contributed by atoms with van der Waals surface area (Å²) in [4.78, 5) is 17.5. The van der Waals surface area contributed by atoms with Crippen LogP contribution in [0, 0.1) is 5.82 Å². The van der Waals surface area contributed by atoms with Crippen molar-refractivity contribution >= 4 is 33.1 Å². The molecule has 4 heterocycles. The van der Waals surface area contributed by atoms with Gasteiger partial charge in [0.25, 0.3) is 10.1 Å². The zero-order chi connectivity index (χ0) is 29.8. The molecule has 1 aliphatic heterocycles. The minimum atomic E-state index is -3.76. The van der Waals surface area contributed by atoms with Gasteiger partial charge in [0.05, 0.1) is 42.4 Å². The van der Waals surface area contributed by atoms with Crippen molar-refractivity contribution in [2.45, 2.75) is 4.90 Å². The number of anilines is 3. The molecule has 0 spiro atoms. The second-order valence-electron chi connectivity index (χ2n) is 9.89. The molecule has 222 valence electrons. The van der Waals surface area contributed by atoms with Crippen molar-refractivity contribution in [1.82, 2.24) is 24.3 Å². The normalized spacial score (nSPS) is 14.2. The van der Waals surface area contributed by atoms with E-state index in [9.17, 15) is 12.8 Å². The first-order chi connectivity index (χ1) is 20.9. The molecule has 0 unspecified atom stereocenters. The second kappa shape index (κ2) is 12.3. The highest BCUT2D eigenvalue weighted by Crippen LogP contribution is 2.32. The number of hydrogen-bond acceptors (Lipinski definition) is 10. The second-order valence-corrected chi connectivity index (χ2v) is 11.5. The van der Waals surface area contributed by atoms with E-state index in [-0.39, 0.29) is 23.1 Å². The first kappa shape index (κ1) is 28.5. The molecule has 13 heteroatoms. The van der Waals surface area contributed by atoms with E-state index in [1.165, 1.54) is 12.1 Å². The van der Waals surface area contributed by atoms with Gasteiger partial charge in [-0.2, -0.15) is 8.42 Å². The minimum absolute atomic E-state index is 0.0931. The Morgan fingerprint density at radius 3 is 2.53 bits per heavy atom. The topological polar surface area (TPSA) is 114 Å². The molecular formula is C30H30FN7O4S. The van der Waals surface area contributed by atoms with Crippen LogP contribution in [0.4, 0.5) is 21.7 Å². The monoisotopic (exact) mass is 603 g/mol. The molecule has 0 amide bonds. The Bertz CT molecular complexity index is 1830. The third-order valence-corrected chi connectivity index (χ3v) is 8.58. The minimum Gasteiger partial charge on any atom is -0.494 e. The lowest BCUT2D eigenvalue weighted by atomic mass is 10.2. The summed E-state index contributed by atoms with van der Waals surface area (Å²) in [7, 11) is -2.18. The number of nitrogens with zero attached hydrogens (tertiary/aromatic N) is 6. The third-order valence-electron chi connectivity index (χ3n) is 7.25. The van der Waals surface area contributed by atoms with Gasteiger partial charge >= 0.3 is 0 Å². The van der Waals surface area contributed by atoms with Crippen molar-refractivity contribution in [2.75, 3.05) is 56.7 Å². The fourth-order valence-electron chi connectivity index (χ4n) is 4.98. The number of fused-ring (bicyclic) bond motifs is 1. The average molecular weight is 604 g/mol. The van der Waals surface area contributed by atoms with Crippen LogP contribution in [0.15, 0.2) is 90.2 Å². The molecule has 3 aromatic heterocycles. The molecule has 0 atom stereocenters. The maximum absolute atomic E-state index is 14.8. The van der Waals surface area contributed by atoms with Crippen LogP contribution in [0.2, 0.25) is 0 Å². The Kier molecular flexibility index (Phi) is 8.18. The lowest BCUT2D eigenvalue weighted by Crippen LogP contribution is -2.47. The van der Waals surface area contributed by atoms with Gasteiger partial charge in [0.15, 0.2) is 5.82 Å². The molecule has 0 aliphatic carbocycles. The van der Waals surface area contributed by atoms with E-state index in [1.54, 1.807) is 42.1 Å². The number of hydrogen-bond donors (Lipinski definition) is 1. The van der Waals surface area contributed by atoms with Gasteiger partial charge in [-0.3, -0.25) is 13.5 Å².